The minimum Gasteiger partial charge on any atom is -0.473 e. The van der Waals surface area contributed by atoms with E-state index in [4.69, 9.17) is 19.8 Å². The summed E-state index contributed by atoms with van der Waals surface area (Å²) in [6.07, 6.45) is 0. The van der Waals surface area contributed by atoms with Crippen molar-refractivity contribution in [2.24, 2.45) is 0 Å². The van der Waals surface area contributed by atoms with Gasteiger partial charge in [-0.3, -0.25) is 4.90 Å². The molecule has 1 aliphatic rings. The minimum atomic E-state index is -3.46. The van der Waals surface area contributed by atoms with E-state index in [1.807, 2.05) is 42.5 Å². The predicted molar refractivity (Wildman–Crippen MR) is 127 cm³/mol. The average molecular weight is 535 g/mol. The summed E-state index contributed by atoms with van der Waals surface area (Å²) >= 11 is 3.50. The highest BCUT2D eigenvalue weighted by Gasteiger charge is 2.28. The molecular formula is C23H23BrN2O6S. The van der Waals surface area contributed by atoms with Crippen molar-refractivity contribution in [3.05, 3.63) is 76.8 Å². The monoisotopic (exact) mass is 534 g/mol. The molecule has 0 atom stereocenters. The molecule has 0 bridgehead atoms. The lowest BCUT2D eigenvalue weighted by Gasteiger charge is -2.34. The minimum absolute atomic E-state index is 0.377. The average Bonchev–Trinajstić information content (AvgIpc) is 2.79. The summed E-state index contributed by atoms with van der Waals surface area (Å²) in [4.78, 5) is 20.9. The van der Waals surface area contributed by atoms with E-state index >= 15 is 0 Å². The second-order valence-corrected chi connectivity index (χ2v) is 10.3. The van der Waals surface area contributed by atoms with Crippen LogP contribution in [0.1, 0.15) is 5.56 Å². The first-order valence-electron chi connectivity index (χ1n) is 10.1. The summed E-state index contributed by atoms with van der Waals surface area (Å²) in [7, 11) is -3.46. The Morgan fingerprint density at radius 1 is 0.818 bits per heavy atom. The molecule has 0 aromatic heterocycles. The van der Waals surface area contributed by atoms with Crippen molar-refractivity contribution in [2.75, 3.05) is 26.2 Å². The molecule has 1 aliphatic heterocycles. The lowest BCUT2D eigenvalue weighted by Crippen LogP contribution is -2.48. The highest BCUT2D eigenvalue weighted by Crippen LogP contribution is 2.23. The van der Waals surface area contributed by atoms with Crippen molar-refractivity contribution in [3.8, 4) is 0 Å². The first kappa shape index (κ1) is 24.8. The third kappa shape index (κ3) is 6.61. The summed E-state index contributed by atoms with van der Waals surface area (Å²) in [5.41, 5.74) is 1.23. The van der Waals surface area contributed by atoms with E-state index in [2.05, 4.69) is 33.0 Å². The SMILES string of the molecule is O=C(O)C(=O)O.O=S(=O)(c1ccc2ccccc2c1)N1CCN(Cc2cccc(Br)c2)CC1. The maximum atomic E-state index is 13.0. The van der Waals surface area contributed by atoms with E-state index in [1.165, 1.54) is 5.56 Å². The zero-order valence-corrected chi connectivity index (χ0v) is 20.0. The van der Waals surface area contributed by atoms with E-state index in [0.717, 1.165) is 34.9 Å². The van der Waals surface area contributed by atoms with Gasteiger partial charge >= 0.3 is 11.9 Å². The van der Waals surface area contributed by atoms with Crippen LogP contribution in [0, 0.1) is 0 Å². The van der Waals surface area contributed by atoms with Gasteiger partial charge in [0.25, 0.3) is 0 Å². The van der Waals surface area contributed by atoms with Crippen molar-refractivity contribution in [3.63, 3.8) is 0 Å². The number of carboxylic acid groups (broad SMARTS) is 2. The molecule has 1 saturated heterocycles. The number of carbonyl (C=O) groups is 2. The Morgan fingerprint density at radius 2 is 1.45 bits per heavy atom. The molecular weight excluding hydrogens is 512 g/mol. The van der Waals surface area contributed by atoms with Gasteiger partial charge < -0.3 is 10.2 Å². The normalized spacial score (nSPS) is 14.9. The van der Waals surface area contributed by atoms with Crippen LogP contribution in [0.25, 0.3) is 10.8 Å². The first-order valence-corrected chi connectivity index (χ1v) is 12.3. The molecule has 10 heteroatoms. The van der Waals surface area contributed by atoms with Crippen molar-refractivity contribution < 1.29 is 28.2 Å². The van der Waals surface area contributed by atoms with Gasteiger partial charge in [-0.05, 0) is 40.6 Å². The number of rotatable bonds is 4. The van der Waals surface area contributed by atoms with E-state index in [9.17, 15) is 8.42 Å². The van der Waals surface area contributed by atoms with Crippen molar-refractivity contribution in [1.29, 1.82) is 0 Å². The fourth-order valence-electron chi connectivity index (χ4n) is 3.50. The zero-order chi connectivity index (χ0) is 24.0. The number of piperazine rings is 1. The van der Waals surface area contributed by atoms with E-state index in [0.29, 0.717) is 18.0 Å². The second kappa shape index (κ2) is 10.9. The molecule has 0 saturated carbocycles. The fraction of sp³-hybridized carbons (Fsp3) is 0.217. The Morgan fingerprint density at radius 3 is 2.06 bits per heavy atom. The molecule has 4 rings (SSSR count). The molecule has 33 heavy (non-hydrogen) atoms. The molecule has 1 heterocycles. The zero-order valence-electron chi connectivity index (χ0n) is 17.6. The Labute approximate surface area is 200 Å². The molecule has 2 N–H and O–H groups in total. The smallest absolute Gasteiger partial charge is 0.414 e. The van der Waals surface area contributed by atoms with Crippen LogP contribution in [-0.2, 0) is 26.2 Å². The Hall–Kier alpha value is -2.79. The largest absolute Gasteiger partial charge is 0.473 e. The first-order chi connectivity index (χ1) is 15.7. The number of aliphatic carboxylic acids is 2. The molecule has 8 nitrogen and oxygen atoms in total. The van der Waals surface area contributed by atoms with Gasteiger partial charge in [0.05, 0.1) is 4.90 Å². The number of hydrogen-bond donors (Lipinski definition) is 2. The van der Waals surface area contributed by atoms with Gasteiger partial charge in [-0.1, -0.05) is 58.4 Å². The lowest BCUT2D eigenvalue weighted by molar-refractivity contribution is -0.159. The summed E-state index contributed by atoms with van der Waals surface area (Å²) in [6, 6.07) is 21.4. The lowest BCUT2D eigenvalue weighted by atomic mass is 10.1. The number of sulfonamides is 1. The van der Waals surface area contributed by atoms with E-state index < -0.39 is 22.0 Å². The molecule has 174 valence electrons. The Kier molecular flexibility index (Phi) is 8.20. The van der Waals surface area contributed by atoms with Gasteiger partial charge in [-0.15, -0.1) is 0 Å². The topological polar surface area (TPSA) is 115 Å². The number of benzene rings is 3. The number of fused-ring (bicyclic) bond motifs is 1. The highest BCUT2D eigenvalue weighted by molar-refractivity contribution is 9.10. The van der Waals surface area contributed by atoms with Crippen LogP contribution in [0.3, 0.4) is 0 Å². The quantitative estimate of drug-likeness (QED) is 0.493. The standard InChI is InChI=1S/C21H21BrN2O2S.C2H2O4/c22-20-7-3-4-17(14-20)16-23-10-12-24(13-11-23)27(25,26)21-9-8-18-5-1-2-6-19(18)15-21;3-1(4)2(5)6/h1-9,14-15H,10-13,16H2;(H,3,4)(H,5,6). The molecule has 0 aliphatic carbocycles. The van der Waals surface area contributed by atoms with Crippen LogP contribution >= 0.6 is 15.9 Å². The molecule has 0 amide bonds. The molecule has 0 unspecified atom stereocenters. The number of carboxylic acids is 2. The Bertz CT molecular complexity index is 1240. The summed E-state index contributed by atoms with van der Waals surface area (Å²) < 4.78 is 28.8. The predicted octanol–water partition coefficient (Wildman–Crippen LogP) is 3.26. The second-order valence-electron chi connectivity index (χ2n) is 7.43. The van der Waals surface area contributed by atoms with E-state index in [-0.39, 0.29) is 0 Å². The fourth-order valence-corrected chi connectivity index (χ4v) is 5.40. The van der Waals surface area contributed by atoms with Crippen molar-refractivity contribution in [1.82, 2.24) is 9.21 Å². The number of halogens is 1. The Balaban J connectivity index is 0.000000454. The third-order valence-corrected chi connectivity index (χ3v) is 7.56. The van der Waals surface area contributed by atoms with Gasteiger partial charge in [0.2, 0.25) is 10.0 Å². The molecule has 3 aromatic carbocycles. The van der Waals surface area contributed by atoms with Crippen molar-refractivity contribution >= 4 is 48.7 Å². The number of nitrogens with zero attached hydrogens (tertiary/aromatic N) is 2. The van der Waals surface area contributed by atoms with Crippen molar-refractivity contribution in [2.45, 2.75) is 11.4 Å². The van der Waals surface area contributed by atoms with Crippen LogP contribution in [0.5, 0.6) is 0 Å². The van der Waals surface area contributed by atoms with Crippen LogP contribution in [0.15, 0.2) is 76.1 Å². The maximum absolute atomic E-state index is 13.0. The van der Waals surface area contributed by atoms with Gasteiger partial charge in [0, 0.05) is 37.2 Å². The summed E-state index contributed by atoms with van der Waals surface area (Å²) in [5.74, 6) is -3.65. The summed E-state index contributed by atoms with van der Waals surface area (Å²) in [5, 5.41) is 16.8. The maximum Gasteiger partial charge on any atom is 0.414 e. The van der Waals surface area contributed by atoms with Gasteiger partial charge in [0.15, 0.2) is 0 Å². The van der Waals surface area contributed by atoms with Gasteiger partial charge in [-0.2, -0.15) is 4.31 Å². The van der Waals surface area contributed by atoms with Crippen LogP contribution < -0.4 is 0 Å². The molecule has 3 aromatic rings. The molecule has 1 fully saturated rings. The van der Waals surface area contributed by atoms with Gasteiger partial charge in [-0.25, -0.2) is 18.0 Å². The van der Waals surface area contributed by atoms with Gasteiger partial charge in [0.1, 0.15) is 0 Å². The van der Waals surface area contributed by atoms with Crippen LogP contribution in [0.4, 0.5) is 0 Å². The van der Waals surface area contributed by atoms with Crippen LogP contribution in [0.2, 0.25) is 0 Å². The third-order valence-electron chi connectivity index (χ3n) is 5.17. The number of hydrogen-bond acceptors (Lipinski definition) is 5. The summed E-state index contributed by atoms with van der Waals surface area (Å²) in [6.45, 7) is 3.34. The molecule has 0 spiro atoms. The molecule has 0 radical (unpaired) electrons. The van der Waals surface area contributed by atoms with E-state index in [1.54, 1.807) is 16.4 Å². The highest BCUT2D eigenvalue weighted by atomic mass is 79.9. The van der Waals surface area contributed by atoms with Crippen LogP contribution in [-0.4, -0.2) is 66.0 Å².